The first-order valence-corrected chi connectivity index (χ1v) is 9.44. The third-order valence-electron chi connectivity index (χ3n) is 3.72. The van der Waals surface area contributed by atoms with Crippen molar-refractivity contribution in [3.05, 3.63) is 59.7 Å². The molecule has 26 heavy (non-hydrogen) atoms. The van der Waals surface area contributed by atoms with Gasteiger partial charge in [-0.05, 0) is 23.8 Å². The van der Waals surface area contributed by atoms with E-state index in [1.165, 1.54) is 5.56 Å². The number of benzene rings is 2. The SMILES string of the molecule is O=C(CNC(=O)c1ccc2c(c1)OCO2)NCCSCc1ccccc1. The number of carbonyl (C=O) groups excluding carboxylic acids is 2. The molecule has 7 heteroatoms. The molecule has 0 radical (unpaired) electrons. The fourth-order valence-electron chi connectivity index (χ4n) is 2.39. The van der Waals surface area contributed by atoms with Crippen LogP contribution in [0.25, 0.3) is 0 Å². The van der Waals surface area contributed by atoms with E-state index in [9.17, 15) is 9.59 Å². The molecule has 6 nitrogen and oxygen atoms in total. The second kappa shape index (κ2) is 9.15. The Morgan fingerprint density at radius 2 is 1.81 bits per heavy atom. The molecule has 0 spiro atoms. The summed E-state index contributed by atoms with van der Waals surface area (Å²) in [7, 11) is 0. The van der Waals surface area contributed by atoms with E-state index in [-0.39, 0.29) is 25.2 Å². The van der Waals surface area contributed by atoms with Gasteiger partial charge in [-0.3, -0.25) is 9.59 Å². The summed E-state index contributed by atoms with van der Waals surface area (Å²) >= 11 is 1.75. The Morgan fingerprint density at radius 1 is 1.00 bits per heavy atom. The number of amides is 2. The highest BCUT2D eigenvalue weighted by Crippen LogP contribution is 2.32. The Labute approximate surface area is 156 Å². The van der Waals surface area contributed by atoms with E-state index in [1.807, 2.05) is 18.2 Å². The van der Waals surface area contributed by atoms with Gasteiger partial charge in [0, 0.05) is 23.6 Å². The molecule has 136 valence electrons. The fourth-order valence-corrected chi connectivity index (χ4v) is 3.21. The lowest BCUT2D eigenvalue weighted by molar-refractivity contribution is -0.120. The van der Waals surface area contributed by atoms with Gasteiger partial charge in [-0.15, -0.1) is 0 Å². The Morgan fingerprint density at radius 3 is 2.65 bits per heavy atom. The normalized spacial score (nSPS) is 11.8. The molecule has 3 rings (SSSR count). The summed E-state index contributed by atoms with van der Waals surface area (Å²) in [5, 5.41) is 5.40. The number of hydrogen-bond acceptors (Lipinski definition) is 5. The van der Waals surface area contributed by atoms with Crippen molar-refractivity contribution >= 4 is 23.6 Å². The van der Waals surface area contributed by atoms with Crippen LogP contribution in [-0.2, 0) is 10.5 Å². The average molecular weight is 372 g/mol. The molecule has 2 N–H and O–H groups in total. The molecular weight excluding hydrogens is 352 g/mol. The monoisotopic (exact) mass is 372 g/mol. The first-order chi connectivity index (χ1) is 12.7. The average Bonchev–Trinajstić information content (AvgIpc) is 3.14. The minimum Gasteiger partial charge on any atom is -0.454 e. The summed E-state index contributed by atoms with van der Waals surface area (Å²) in [6.07, 6.45) is 0. The topological polar surface area (TPSA) is 76.7 Å². The molecule has 0 fully saturated rings. The summed E-state index contributed by atoms with van der Waals surface area (Å²) in [5.41, 5.74) is 1.69. The van der Waals surface area contributed by atoms with E-state index < -0.39 is 0 Å². The van der Waals surface area contributed by atoms with Crippen LogP contribution in [0.5, 0.6) is 11.5 Å². The molecule has 1 aliphatic rings. The minimum atomic E-state index is -0.322. The zero-order valence-electron chi connectivity index (χ0n) is 14.2. The maximum atomic E-state index is 12.1. The van der Waals surface area contributed by atoms with Gasteiger partial charge in [0.05, 0.1) is 6.54 Å². The molecule has 0 unspecified atom stereocenters. The van der Waals surface area contributed by atoms with E-state index in [4.69, 9.17) is 9.47 Å². The highest BCUT2D eigenvalue weighted by molar-refractivity contribution is 7.98. The third kappa shape index (κ3) is 5.16. The fraction of sp³-hybridized carbons (Fsp3) is 0.263. The van der Waals surface area contributed by atoms with Crippen LogP contribution in [0.2, 0.25) is 0 Å². The van der Waals surface area contributed by atoms with Gasteiger partial charge in [-0.25, -0.2) is 0 Å². The molecule has 2 amide bonds. The van der Waals surface area contributed by atoms with Gasteiger partial charge in [-0.1, -0.05) is 30.3 Å². The van der Waals surface area contributed by atoms with Crippen molar-refractivity contribution in [3.8, 4) is 11.5 Å². The predicted octanol–water partition coefficient (Wildman–Crippen LogP) is 2.19. The molecule has 0 aromatic heterocycles. The lowest BCUT2D eigenvalue weighted by atomic mass is 10.2. The second-order valence-electron chi connectivity index (χ2n) is 5.64. The number of rotatable bonds is 8. The van der Waals surface area contributed by atoms with Crippen molar-refractivity contribution in [1.29, 1.82) is 0 Å². The van der Waals surface area contributed by atoms with Gasteiger partial charge in [0.15, 0.2) is 11.5 Å². The van der Waals surface area contributed by atoms with E-state index in [1.54, 1.807) is 30.0 Å². The van der Waals surface area contributed by atoms with Gasteiger partial charge in [0.2, 0.25) is 12.7 Å². The van der Waals surface area contributed by atoms with E-state index in [0.717, 1.165) is 11.5 Å². The zero-order valence-corrected chi connectivity index (χ0v) is 15.0. The largest absolute Gasteiger partial charge is 0.454 e. The summed E-state index contributed by atoms with van der Waals surface area (Å²) in [5.74, 6) is 2.36. The predicted molar refractivity (Wildman–Crippen MR) is 101 cm³/mol. The third-order valence-corrected chi connectivity index (χ3v) is 4.75. The van der Waals surface area contributed by atoms with Crippen molar-refractivity contribution in [2.24, 2.45) is 0 Å². The molecule has 0 saturated carbocycles. The molecule has 0 saturated heterocycles. The van der Waals surface area contributed by atoms with Gasteiger partial charge < -0.3 is 20.1 Å². The van der Waals surface area contributed by atoms with Crippen LogP contribution in [0.3, 0.4) is 0 Å². The second-order valence-corrected chi connectivity index (χ2v) is 6.74. The summed E-state index contributed by atoms with van der Waals surface area (Å²) < 4.78 is 10.4. The molecule has 0 bridgehead atoms. The smallest absolute Gasteiger partial charge is 0.251 e. The molecule has 2 aromatic carbocycles. The molecule has 0 aliphatic carbocycles. The molecular formula is C19H20N2O4S. The van der Waals surface area contributed by atoms with Crippen LogP contribution in [-0.4, -0.2) is 37.4 Å². The van der Waals surface area contributed by atoms with Gasteiger partial charge >= 0.3 is 0 Å². The summed E-state index contributed by atoms with van der Waals surface area (Å²) in [4.78, 5) is 23.9. The molecule has 0 atom stereocenters. The number of thioether (sulfide) groups is 1. The Kier molecular flexibility index (Phi) is 6.38. The van der Waals surface area contributed by atoms with Crippen LogP contribution in [0.15, 0.2) is 48.5 Å². The minimum absolute atomic E-state index is 0.0589. The molecule has 2 aromatic rings. The van der Waals surface area contributed by atoms with Crippen LogP contribution in [0.4, 0.5) is 0 Å². The number of nitrogens with one attached hydrogen (secondary N) is 2. The van der Waals surface area contributed by atoms with Crippen molar-refractivity contribution in [3.63, 3.8) is 0 Å². The Balaban J connectivity index is 1.32. The highest BCUT2D eigenvalue weighted by Gasteiger charge is 2.16. The first kappa shape index (κ1) is 18.1. The van der Waals surface area contributed by atoms with Crippen molar-refractivity contribution in [1.82, 2.24) is 10.6 Å². The van der Waals surface area contributed by atoms with Crippen LogP contribution in [0.1, 0.15) is 15.9 Å². The lowest BCUT2D eigenvalue weighted by Crippen LogP contribution is -2.37. The molecule has 1 aliphatic heterocycles. The van der Waals surface area contributed by atoms with Crippen molar-refractivity contribution < 1.29 is 19.1 Å². The van der Waals surface area contributed by atoms with Gasteiger partial charge in [-0.2, -0.15) is 11.8 Å². The summed E-state index contributed by atoms with van der Waals surface area (Å²) in [6.45, 7) is 0.665. The molecule has 1 heterocycles. The van der Waals surface area contributed by atoms with E-state index in [0.29, 0.717) is 23.6 Å². The van der Waals surface area contributed by atoms with Crippen LogP contribution >= 0.6 is 11.8 Å². The van der Waals surface area contributed by atoms with Gasteiger partial charge in [0.25, 0.3) is 5.91 Å². The number of fused-ring (bicyclic) bond motifs is 1. The maximum absolute atomic E-state index is 12.1. The quantitative estimate of drug-likeness (QED) is 0.695. The van der Waals surface area contributed by atoms with Crippen molar-refractivity contribution in [2.45, 2.75) is 5.75 Å². The number of hydrogen-bond donors (Lipinski definition) is 2. The van der Waals surface area contributed by atoms with E-state index in [2.05, 4.69) is 22.8 Å². The number of ether oxygens (including phenoxy) is 2. The maximum Gasteiger partial charge on any atom is 0.251 e. The lowest BCUT2D eigenvalue weighted by Gasteiger charge is -2.07. The van der Waals surface area contributed by atoms with E-state index >= 15 is 0 Å². The van der Waals surface area contributed by atoms with Crippen LogP contribution < -0.4 is 20.1 Å². The Hall–Kier alpha value is -2.67. The number of carbonyl (C=O) groups is 2. The van der Waals surface area contributed by atoms with Crippen molar-refractivity contribution in [2.75, 3.05) is 25.6 Å². The summed E-state index contributed by atoms with van der Waals surface area (Å²) in [6, 6.07) is 15.1. The zero-order chi connectivity index (χ0) is 18.2. The standard InChI is InChI=1S/C19H20N2O4S/c22-18(20-8-9-26-12-14-4-2-1-3-5-14)11-21-19(23)15-6-7-16-17(10-15)25-13-24-16/h1-7,10H,8-9,11-13H2,(H,20,22)(H,21,23). The Bertz CT molecular complexity index is 767. The van der Waals surface area contributed by atoms with Gasteiger partial charge in [0.1, 0.15) is 0 Å². The van der Waals surface area contributed by atoms with Crippen LogP contribution in [0, 0.1) is 0 Å². The first-order valence-electron chi connectivity index (χ1n) is 8.28. The highest BCUT2D eigenvalue weighted by atomic mass is 32.2.